The lowest BCUT2D eigenvalue weighted by atomic mass is 10.2. The summed E-state index contributed by atoms with van der Waals surface area (Å²) in [5.74, 6) is 0.0594. The van der Waals surface area contributed by atoms with E-state index < -0.39 is 0 Å². The molecule has 1 heterocycles. The molecule has 1 unspecified atom stereocenters. The molecule has 2 atom stereocenters. The van der Waals surface area contributed by atoms with Crippen LogP contribution in [-0.4, -0.2) is 24.8 Å². The van der Waals surface area contributed by atoms with E-state index >= 15 is 0 Å². The molecule has 70 valence electrons. The van der Waals surface area contributed by atoms with Gasteiger partial charge in [0, 0.05) is 6.61 Å². The van der Waals surface area contributed by atoms with Gasteiger partial charge in [-0.25, -0.2) is 0 Å². The molecule has 4 nitrogen and oxygen atoms in total. The summed E-state index contributed by atoms with van der Waals surface area (Å²) < 4.78 is 10.7. The highest BCUT2D eigenvalue weighted by atomic mass is 16.7. The lowest BCUT2D eigenvalue weighted by molar-refractivity contribution is -0.171. The second-order valence-electron chi connectivity index (χ2n) is 3.03. The number of rotatable bonds is 3. The van der Waals surface area contributed by atoms with E-state index in [9.17, 15) is 0 Å². The predicted molar refractivity (Wildman–Crippen MR) is 46.1 cm³/mol. The van der Waals surface area contributed by atoms with Crippen molar-refractivity contribution in [1.29, 1.82) is 5.41 Å². The van der Waals surface area contributed by atoms with E-state index in [0.29, 0.717) is 0 Å². The molecule has 0 saturated carbocycles. The zero-order valence-corrected chi connectivity index (χ0v) is 7.38. The summed E-state index contributed by atoms with van der Waals surface area (Å²) in [5, 5.41) is 7.12. The number of nitrogens with one attached hydrogen (secondary N) is 1. The molecule has 0 amide bonds. The van der Waals surface area contributed by atoms with Gasteiger partial charge < -0.3 is 15.2 Å². The average Bonchev–Trinajstić information content (AvgIpc) is 2.06. The highest BCUT2D eigenvalue weighted by Gasteiger charge is 2.18. The Bertz CT molecular complexity index is 155. The molecule has 1 saturated heterocycles. The lowest BCUT2D eigenvalue weighted by Crippen LogP contribution is -2.34. The molecule has 0 bridgehead atoms. The van der Waals surface area contributed by atoms with Gasteiger partial charge in [-0.15, -0.1) is 0 Å². The van der Waals surface area contributed by atoms with Crippen molar-refractivity contribution < 1.29 is 9.47 Å². The van der Waals surface area contributed by atoms with Crippen molar-refractivity contribution in [3.63, 3.8) is 0 Å². The molecule has 0 aromatic carbocycles. The van der Waals surface area contributed by atoms with E-state index in [2.05, 4.69) is 0 Å². The number of hydrogen-bond donors (Lipinski definition) is 2. The maximum absolute atomic E-state index is 7.12. The Balaban J connectivity index is 2.24. The maximum Gasteiger partial charge on any atom is 0.158 e. The summed E-state index contributed by atoms with van der Waals surface area (Å²) in [7, 11) is 0. The molecule has 0 spiro atoms. The van der Waals surface area contributed by atoms with Gasteiger partial charge in [0.2, 0.25) is 0 Å². The van der Waals surface area contributed by atoms with E-state index in [0.717, 1.165) is 25.9 Å². The Labute approximate surface area is 72.5 Å². The summed E-state index contributed by atoms with van der Waals surface area (Å²) in [4.78, 5) is 0. The largest absolute Gasteiger partial charge is 0.385 e. The van der Waals surface area contributed by atoms with E-state index in [-0.39, 0.29) is 18.2 Å². The van der Waals surface area contributed by atoms with Crippen LogP contribution in [0.5, 0.6) is 0 Å². The van der Waals surface area contributed by atoms with Crippen molar-refractivity contribution in [1.82, 2.24) is 0 Å². The van der Waals surface area contributed by atoms with Gasteiger partial charge >= 0.3 is 0 Å². The normalized spacial score (nSPS) is 26.6. The van der Waals surface area contributed by atoms with Crippen LogP contribution in [-0.2, 0) is 9.47 Å². The van der Waals surface area contributed by atoms with E-state index in [1.165, 1.54) is 0 Å². The van der Waals surface area contributed by atoms with Crippen molar-refractivity contribution in [2.24, 2.45) is 5.73 Å². The zero-order chi connectivity index (χ0) is 8.97. The first-order chi connectivity index (χ1) is 5.70. The molecule has 0 radical (unpaired) electrons. The van der Waals surface area contributed by atoms with Gasteiger partial charge in [-0.05, 0) is 26.2 Å². The van der Waals surface area contributed by atoms with Gasteiger partial charge in [0.1, 0.15) is 11.9 Å². The molecule has 1 aliphatic rings. The van der Waals surface area contributed by atoms with Crippen LogP contribution in [0.3, 0.4) is 0 Å². The third kappa shape index (κ3) is 2.79. The van der Waals surface area contributed by atoms with Crippen molar-refractivity contribution >= 4 is 5.84 Å². The minimum atomic E-state index is -0.326. The molecule has 1 aliphatic heterocycles. The molecule has 3 N–H and O–H groups in total. The summed E-state index contributed by atoms with van der Waals surface area (Å²) in [6.45, 7) is 2.52. The Morgan fingerprint density at radius 1 is 1.67 bits per heavy atom. The van der Waals surface area contributed by atoms with Gasteiger partial charge in [0.15, 0.2) is 6.29 Å². The van der Waals surface area contributed by atoms with E-state index in [1.807, 2.05) is 0 Å². The smallest absolute Gasteiger partial charge is 0.158 e. The molecule has 1 fully saturated rings. The van der Waals surface area contributed by atoms with Crippen LogP contribution in [0.1, 0.15) is 26.2 Å². The maximum atomic E-state index is 7.12. The third-order valence-electron chi connectivity index (χ3n) is 1.93. The summed E-state index contributed by atoms with van der Waals surface area (Å²) in [6.07, 6.45) is 2.67. The quantitative estimate of drug-likeness (QED) is 0.490. The fraction of sp³-hybridized carbons (Fsp3) is 0.875. The summed E-state index contributed by atoms with van der Waals surface area (Å²) >= 11 is 0. The van der Waals surface area contributed by atoms with E-state index in [1.54, 1.807) is 6.92 Å². The number of amidine groups is 1. The molecular weight excluding hydrogens is 156 g/mol. The first kappa shape index (κ1) is 9.48. The van der Waals surface area contributed by atoms with Crippen molar-refractivity contribution in [2.75, 3.05) is 6.61 Å². The van der Waals surface area contributed by atoms with Crippen LogP contribution < -0.4 is 5.73 Å². The molecular formula is C8H16N2O2. The van der Waals surface area contributed by atoms with Crippen molar-refractivity contribution in [2.45, 2.75) is 38.6 Å². The molecule has 0 aliphatic carbocycles. The summed E-state index contributed by atoms with van der Waals surface area (Å²) in [6, 6.07) is 0. The number of nitrogens with two attached hydrogens (primary N) is 1. The van der Waals surface area contributed by atoms with Gasteiger partial charge in [-0.2, -0.15) is 0 Å². The third-order valence-corrected chi connectivity index (χ3v) is 1.93. The Morgan fingerprint density at radius 3 is 2.92 bits per heavy atom. The summed E-state index contributed by atoms with van der Waals surface area (Å²) in [5.41, 5.74) is 5.26. The second-order valence-corrected chi connectivity index (χ2v) is 3.03. The minimum Gasteiger partial charge on any atom is -0.385 e. The lowest BCUT2D eigenvalue weighted by Gasteiger charge is -2.25. The molecule has 12 heavy (non-hydrogen) atoms. The SMILES string of the molecule is C[C@@H](OC1CCCCO1)C(=N)N. The van der Waals surface area contributed by atoms with Crippen LogP contribution in [0, 0.1) is 5.41 Å². The van der Waals surface area contributed by atoms with Gasteiger partial charge in [0.25, 0.3) is 0 Å². The average molecular weight is 172 g/mol. The zero-order valence-electron chi connectivity index (χ0n) is 7.38. The van der Waals surface area contributed by atoms with Crippen LogP contribution in [0.4, 0.5) is 0 Å². The molecule has 4 heteroatoms. The Hall–Kier alpha value is -0.610. The van der Waals surface area contributed by atoms with Crippen LogP contribution in [0.25, 0.3) is 0 Å². The molecule has 1 rings (SSSR count). The topological polar surface area (TPSA) is 68.3 Å². The van der Waals surface area contributed by atoms with Crippen molar-refractivity contribution in [3.8, 4) is 0 Å². The fourth-order valence-corrected chi connectivity index (χ4v) is 1.12. The fourth-order valence-electron chi connectivity index (χ4n) is 1.12. The highest BCUT2D eigenvalue weighted by molar-refractivity contribution is 5.81. The molecule has 0 aromatic heterocycles. The molecule has 0 aromatic rings. The predicted octanol–water partition coefficient (Wildman–Crippen LogP) is 0.854. The standard InChI is InChI=1S/C8H16N2O2/c1-6(8(9)10)12-7-4-2-3-5-11-7/h6-7H,2-5H2,1H3,(H3,9,10)/t6-,7?/m1/s1. The van der Waals surface area contributed by atoms with Gasteiger partial charge in [-0.1, -0.05) is 0 Å². The Kier molecular flexibility index (Phi) is 3.49. The van der Waals surface area contributed by atoms with E-state index in [4.69, 9.17) is 20.6 Å². The van der Waals surface area contributed by atoms with Crippen molar-refractivity contribution in [3.05, 3.63) is 0 Å². The Morgan fingerprint density at radius 2 is 2.42 bits per heavy atom. The number of ether oxygens (including phenoxy) is 2. The van der Waals surface area contributed by atoms with Gasteiger partial charge in [-0.3, -0.25) is 5.41 Å². The monoisotopic (exact) mass is 172 g/mol. The van der Waals surface area contributed by atoms with Crippen LogP contribution in [0.15, 0.2) is 0 Å². The van der Waals surface area contributed by atoms with Crippen LogP contribution >= 0.6 is 0 Å². The van der Waals surface area contributed by atoms with Gasteiger partial charge in [0.05, 0.1) is 0 Å². The second kappa shape index (κ2) is 4.42. The van der Waals surface area contributed by atoms with Crippen LogP contribution in [0.2, 0.25) is 0 Å². The first-order valence-corrected chi connectivity index (χ1v) is 4.31. The minimum absolute atomic E-state index is 0.0594. The number of hydrogen-bond acceptors (Lipinski definition) is 3. The first-order valence-electron chi connectivity index (χ1n) is 4.31. The highest BCUT2D eigenvalue weighted by Crippen LogP contribution is 2.14.